The second kappa shape index (κ2) is 7.13. The molecule has 0 amide bonds. The van der Waals surface area contributed by atoms with Crippen molar-refractivity contribution >= 4 is 40.3 Å². The summed E-state index contributed by atoms with van der Waals surface area (Å²) < 4.78 is 6.08. The zero-order valence-corrected chi connectivity index (χ0v) is 13.2. The average molecular weight is 354 g/mol. The van der Waals surface area contributed by atoms with Gasteiger partial charge in [-0.3, -0.25) is 0 Å². The van der Waals surface area contributed by atoms with Crippen LogP contribution in [0.4, 0.5) is 0 Å². The molecule has 0 spiro atoms. The topological polar surface area (TPSA) is 62.6 Å². The number of methoxy groups -OCH3 is 1. The van der Waals surface area contributed by atoms with Crippen molar-refractivity contribution in [1.29, 1.82) is 0 Å². The largest absolute Gasteiger partial charge is 0.497 e. The van der Waals surface area contributed by atoms with Crippen LogP contribution in [0.5, 0.6) is 5.75 Å². The molecule has 2 N–H and O–H groups in total. The summed E-state index contributed by atoms with van der Waals surface area (Å²) in [5.41, 5.74) is 1.28. The van der Waals surface area contributed by atoms with E-state index in [9.17, 15) is 10.0 Å². The lowest BCUT2D eigenvalue weighted by molar-refractivity contribution is 0.413. The van der Waals surface area contributed by atoms with Crippen molar-refractivity contribution in [2.24, 2.45) is 0 Å². The SMILES string of the molecule is COc1ccc(B(O)O)c(CSc2ncccc2Br)c1. The van der Waals surface area contributed by atoms with E-state index in [0.29, 0.717) is 17.0 Å². The van der Waals surface area contributed by atoms with E-state index in [1.54, 1.807) is 31.5 Å². The fraction of sp³-hybridized carbons (Fsp3) is 0.154. The Morgan fingerprint density at radius 1 is 1.35 bits per heavy atom. The van der Waals surface area contributed by atoms with Gasteiger partial charge in [-0.15, -0.1) is 11.8 Å². The maximum atomic E-state index is 9.40. The molecule has 0 unspecified atom stereocenters. The van der Waals surface area contributed by atoms with E-state index in [1.165, 1.54) is 11.8 Å². The zero-order valence-electron chi connectivity index (χ0n) is 10.8. The summed E-state index contributed by atoms with van der Waals surface area (Å²) >= 11 is 4.95. The lowest BCUT2D eigenvalue weighted by Gasteiger charge is -2.11. The molecule has 20 heavy (non-hydrogen) atoms. The molecule has 2 aromatic rings. The van der Waals surface area contributed by atoms with Crippen LogP contribution < -0.4 is 10.2 Å². The Balaban J connectivity index is 2.21. The van der Waals surface area contributed by atoms with Gasteiger partial charge in [-0.05, 0) is 51.2 Å². The fourth-order valence-corrected chi connectivity index (χ4v) is 3.19. The van der Waals surface area contributed by atoms with Gasteiger partial charge in [0.15, 0.2) is 0 Å². The number of thioether (sulfide) groups is 1. The van der Waals surface area contributed by atoms with Crippen LogP contribution in [-0.2, 0) is 5.75 Å². The normalized spacial score (nSPS) is 10.4. The molecule has 0 aliphatic carbocycles. The second-order valence-electron chi connectivity index (χ2n) is 4.02. The maximum absolute atomic E-state index is 9.40. The van der Waals surface area contributed by atoms with Gasteiger partial charge in [-0.25, -0.2) is 4.98 Å². The third-order valence-corrected chi connectivity index (χ3v) is 4.67. The summed E-state index contributed by atoms with van der Waals surface area (Å²) in [5.74, 6) is 1.25. The first-order chi connectivity index (χ1) is 9.61. The highest BCUT2D eigenvalue weighted by Gasteiger charge is 2.17. The van der Waals surface area contributed by atoms with Crippen LogP contribution in [0.25, 0.3) is 0 Å². The Bertz CT molecular complexity index is 598. The Hall–Kier alpha value is -1.02. The number of benzene rings is 1. The standard InChI is InChI=1S/C13H13BBrNO3S/c1-19-10-4-5-11(14(17)18)9(7-10)8-20-13-12(15)3-2-6-16-13/h2-7,17-18H,8H2,1H3. The van der Waals surface area contributed by atoms with Crippen LogP contribution in [0, 0.1) is 0 Å². The Labute approximate surface area is 130 Å². The van der Waals surface area contributed by atoms with Gasteiger partial charge < -0.3 is 14.8 Å². The first kappa shape index (κ1) is 15.4. The highest BCUT2D eigenvalue weighted by Crippen LogP contribution is 2.28. The molecule has 0 fully saturated rings. The van der Waals surface area contributed by atoms with Gasteiger partial charge in [-0.2, -0.15) is 0 Å². The van der Waals surface area contributed by atoms with E-state index in [1.807, 2.05) is 12.1 Å². The molecule has 104 valence electrons. The molecule has 0 saturated carbocycles. The summed E-state index contributed by atoms with van der Waals surface area (Å²) in [6.45, 7) is 0. The van der Waals surface area contributed by atoms with Crippen LogP contribution in [0.2, 0.25) is 0 Å². The van der Waals surface area contributed by atoms with Crippen LogP contribution in [0.15, 0.2) is 46.0 Å². The smallest absolute Gasteiger partial charge is 0.488 e. The molecule has 0 aliphatic rings. The van der Waals surface area contributed by atoms with E-state index in [0.717, 1.165) is 15.1 Å². The van der Waals surface area contributed by atoms with Gasteiger partial charge in [0.1, 0.15) is 10.8 Å². The number of rotatable bonds is 5. The number of pyridine rings is 1. The molecule has 7 heteroatoms. The Kier molecular flexibility index (Phi) is 5.48. The molecular formula is C13H13BBrNO3S. The average Bonchev–Trinajstić information content (AvgIpc) is 2.46. The number of hydrogen-bond acceptors (Lipinski definition) is 5. The van der Waals surface area contributed by atoms with E-state index < -0.39 is 7.12 Å². The first-order valence-corrected chi connectivity index (χ1v) is 7.66. The molecule has 0 bridgehead atoms. The van der Waals surface area contributed by atoms with Crippen LogP contribution in [0.1, 0.15) is 5.56 Å². The van der Waals surface area contributed by atoms with E-state index >= 15 is 0 Å². The van der Waals surface area contributed by atoms with Crippen molar-refractivity contribution in [2.75, 3.05) is 7.11 Å². The van der Waals surface area contributed by atoms with Crippen molar-refractivity contribution in [3.05, 3.63) is 46.6 Å². The summed E-state index contributed by atoms with van der Waals surface area (Å²) in [7, 11) is 0.0834. The lowest BCUT2D eigenvalue weighted by atomic mass is 9.77. The summed E-state index contributed by atoms with van der Waals surface area (Å²) in [5, 5.41) is 19.7. The molecule has 1 heterocycles. The summed E-state index contributed by atoms with van der Waals surface area (Å²) in [6, 6.07) is 8.94. The van der Waals surface area contributed by atoms with Crippen molar-refractivity contribution < 1.29 is 14.8 Å². The summed E-state index contributed by atoms with van der Waals surface area (Å²) in [4.78, 5) is 4.27. The predicted octanol–water partition coefficient (Wildman–Crippen LogP) is 1.82. The summed E-state index contributed by atoms with van der Waals surface area (Å²) in [6.07, 6.45) is 1.72. The zero-order chi connectivity index (χ0) is 14.5. The molecule has 0 atom stereocenters. The van der Waals surface area contributed by atoms with Crippen molar-refractivity contribution in [1.82, 2.24) is 4.98 Å². The minimum absolute atomic E-state index is 0.477. The van der Waals surface area contributed by atoms with Crippen LogP contribution in [0.3, 0.4) is 0 Å². The monoisotopic (exact) mass is 353 g/mol. The first-order valence-electron chi connectivity index (χ1n) is 5.88. The maximum Gasteiger partial charge on any atom is 0.488 e. The Morgan fingerprint density at radius 2 is 2.15 bits per heavy atom. The predicted molar refractivity (Wildman–Crippen MR) is 84.3 cm³/mol. The van der Waals surface area contributed by atoms with Gasteiger partial charge in [0, 0.05) is 16.4 Å². The molecule has 1 aromatic heterocycles. The van der Waals surface area contributed by atoms with Gasteiger partial charge in [0.2, 0.25) is 0 Å². The van der Waals surface area contributed by atoms with Crippen molar-refractivity contribution in [2.45, 2.75) is 10.8 Å². The van der Waals surface area contributed by atoms with E-state index in [2.05, 4.69) is 20.9 Å². The molecular weight excluding hydrogens is 341 g/mol. The lowest BCUT2D eigenvalue weighted by Crippen LogP contribution is -2.32. The van der Waals surface area contributed by atoms with Gasteiger partial charge in [-0.1, -0.05) is 6.07 Å². The highest BCUT2D eigenvalue weighted by molar-refractivity contribution is 9.10. The minimum Gasteiger partial charge on any atom is -0.497 e. The molecule has 1 aromatic carbocycles. The van der Waals surface area contributed by atoms with Crippen molar-refractivity contribution in [3.8, 4) is 5.75 Å². The van der Waals surface area contributed by atoms with E-state index in [-0.39, 0.29) is 0 Å². The third-order valence-electron chi connectivity index (χ3n) is 2.72. The number of halogens is 1. The molecule has 0 radical (unpaired) electrons. The van der Waals surface area contributed by atoms with Gasteiger partial charge in [0.25, 0.3) is 0 Å². The van der Waals surface area contributed by atoms with Gasteiger partial charge >= 0.3 is 7.12 Å². The minimum atomic E-state index is -1.50. The fourth-order valence-electron chi connectivity index (χ4n) is 1.71. The van der Waals surface area contributed by atoms with Crippen LogP contribution >= 0.6 is 27.7 Å². The van der Waals surface area contributed by atoms with Crippen molar-refractivity contribution in [3.63, 3.8) is 0 Å². The molecule has 0 aliphatic heterocycles. The van der Waals surface area contributed by atoms with Crippen LogP contribution in [-0.4, -0.2) is 29.3 Å². The highest BCUT2D eigenvalue weighted by atomic mass is 79.9. The number of hydrogen-bond donors (Lipinski definition) is 2. The molecule has 2 rings (SSSR count). The second-order valence-corrected chi connectivity index (χ2v) is 5.84. The number of ether oxygens (including phenoxy) is 1. The number of nitrogens with zero attached hydrogens (tertiary/aromatic N) is 1. The number of aromatic nitrogens is 1. The Morgan fingerprint density at radius 3 is 2.80 bits per heavy atom. The van der Waals surface area contributed by atoms with Gasteiger partial charge in [0.05, 0.1) is 7.11 Å². The van der Waals surface area contributed by atoms with E-state index in [4.69, 9.17) is 4.74 Å². The quantitative estimate of drug-likeness (QED) is 0.634. The molecule has 4 nitrogen and oxygen atoms in total. The molecule has 0 saturated heterocycles. The third kappa shape index (κ3) is 3.76.